The highest BCUT2D eigenvalue weighted by molar-refractivity contribution is 5.99. The van der Waals surface area contributed by atoms with Gasteiger partial charge in [-0.15, -0.1) is 0 Å². The van der Waals surface area contributed by atoms with Gasteiger partial charge in [-0.1, -0.05) is 60.7 Å². The Morgan fingerprint density at radius 3 is 2.13 bits per heavy atom. The van der Waals surface area contributed by atoms with Crippen molar-refractivity contribution in [3.05, 3.63) is 72.7 Å². The summed E-state index contributed by atoms with van der Waals surface area (Å²) in [6.45, 7) is 2.08. The van der Waals surface area contributed by atoms with E-state index in [1.54, 1.807) is 6.92 Å². The normalized spacial score (nSPS) is 10.3. The molecule has 0 N–H and O–H groups in total. The molecule has 0 radical (unpaired) electrons. The Labute approximate surface area is 134 Å². The summed E-state index contributed by atoms with van der Waals surface area (Å²) in [6, 6.07) is 19.4. The number of hydrogen-bond donors (Lipinski definition) is 0. The van der Waals surface area contributed by atoms with Crippen LogP contribution in [0.2, 0.25) is 0 Å². The molecular weight excluding hydrogens is 288 g/mol. The standard InChI is InChI=1S/C19H16N2O2/c1-2-23-19(22)18-16(14-9-5-3-6-10-14)17(20-13-21-18)15-11-7-4-8-12-15/h3-13H,2H2,1H3. The first-order chi connectivity index (χ1) is 11.3. The lowest BCUT2D eigenvalue weighted by molar-refractivity contribution is 0.0520. The predicted octanol–water partition coefficient (Wildman–Crippen LogP) is 3.99. The van der Waals surface area contributed by atoms with Crippen LogP contribution in [0.4, 0.5) is 0 Å². The highest BCUT2D eigenvalue weighted by Crippen LogP contribution is 2.32. The van der Waals surface area contributed by atoms with Gasteiger partial charge in [0.05, 0.1) is 12.3 Å². The summed E-state index contributed by atoms with van der Waals surface area (Å²) in [4.78, 5) is 20.9. The molecule has 3 aromatic rings. The molecule has 0 aliphatic heterocycles. The molecule has 0 fully saturated rings. The van der Waals surface area contributed by atoms with Gasteiger partial charge >= 0.3 is 5.97 Å². The van der Waals surface area contributed by atoms with Gasteiger partial charge in [0.15, 0.2) is 5.69 Å². The minimum absolute atomic E-state index is 0.284. The molecule has 4 nitrogen and oxygen atoms in total. The van der Waals surface area contributed by atoms with Crippen LogP contribution >= 0.6 is 0 Å². The highest BCUT2D eigenvalue weighted by atomic mass is 16.5. The van der Waals surface area contributed by atoms with Crippen molar-refractivity contribution >= 4 is 5.97 Å². The van der Waals surface area contributed by atoms with Gasteiger partial charge in [0.1, 0.15) is 6.33 Å². The summed E-state index contributed by atoms with van der Waals surface area (Å²) in [7, 11) is 0. The summed E-state index contributed by atoms with van der Waals surface area (Å²) in [6.07, 6.45) is 1.40. The fourth-order valence-corrected chi connectivity index (χ4v) is 2.43. The van der Waals surface area contributed by atoms with E-state index in [9.17, 15) is 4.79 Å². The van der Waals surface area contributed by atoms with Gasteiger partial charge in [-0.25, -0.2) is 14.8 Å². The number of aromatic nitrogens is 2. The van der Waals surface area contributed by atoms with Crippen LogP contribution in [0.15, 0.2) is 67.0 Å². The maximum Gasteiger partial charge on any atom is 0.357 e. The lowest BCUT2D eigenvalue weighted by Crippen LogP contribution is -2.10. The van der Waals surface area contributed by atoms with Crippen molar-refractivity contribution in [2.45, 2.75) is 6.92 Å². The molecule has 0 spiro atoms. The Morgan fingerprint density at radius 1 is 0.913 bits per heavy atom. The van der Waals surface area contributed by atoms with E-state index in [0.29, 0.717) is 12.2 Å². The second-order valence-electron chi connectivity index (χ2n) is 4.90. The first kappa shape index (κ1) is 14.9. The van der Waals surface area contributed by atoms with Crippen molar-refractivity contribution in [3.8, 4) is 22.4 Å². The molecule has 114 valence electrons. The van der Waals surface area contributed by atoms with Crippen LogP contribution in [0.1, 0.15) is 17.4 Å². The van der Waals surface area contributed by atoms with Crippen molar-refractivity contribution in [2.24, 2.45) is 0 Å². The van der Waals surface area contributed by atoms with Gasteiger partial charge < -0.3 is 4.74 Å². The lowest BCUT2D eigenvalue weighted by atomic mass is 9.97. The van der Waals surface area contributed by atoms with E-state index in [-0.39, 0.29) is 5.69 Å². The molecule has 0 aliphatic rings. The van der Waals surface area contributed by atoms with Crippen LogP contribution in [-0.2, 0) is 4.74 Å². The average Bonchev–Trinajstić information content (AvgIpc) is 2.63. The topological polar surface area (TPSA) is 52.1 Å². The molecule has 3 rings (SSSR count). The monoisotopic (exact) mass is 304 g/mol. The Balaban J connectivity index is 2.25. The van der Waals surface area contributed by atoms with Crippen LogP contribution in [0.5, 0.6) is 0 Å². The molecule has 0 atom stereocenters. The molecule has 1 aromatic heterocycles. The van der Waals surface area contributed by atoms with Crippen molar-refractivity contribution in [2.75, 3.05) is 6.61 Å². The zero-order chi connectivity index (χ0) is 16.1. The average molecular weight is 304 g/mol. The summed E-state index contributed by atoms with van der Waals surface area (Å²) < 4.78 is 5.15. The number of nitrogens with zero attached hydrogens (tertiary/aromatic N) is 2. The molecule has 0 saturated carbocycles. The minimum atomic E-state index is -0.439. The zero-order valence-corrected chi connectivity index (χ0v) is 12.8. The van der Waals surface area contributed by atoms with E-state index in [0.717, 1.165) is 16.8 Å². The summed E-state index contributed by atoms with van der Waals surface area (Å²) in [5.41, 5.74) is 3.51. The van der Waals surface area contributed by atoms with E-state index >= 15 is 0 Å². The molecule has 1 heterocycles. The molecule has 0 unspecified atom stereocenters. The van der Waals surface area contributed by atoms with Crippen LogP contribution in [0.25, 0.3) is 22.4 Å². The van der Waals surface area contributed by atoms with Gasteiger partial charge in [0.2, 0.25) is 0 Å². The molecular formula is C19H16N2O2. The van der Waals surface area contributed by atoms with E-state index in [1.165, 1.54) is 6.33 Å². The Hall–Kier alpha value is -3.01. The lowest BCUT2D eigenvalue weighted by Gasteiger charge is -2.12. The fraction of sp³-hybridized carbons (Fsp3) is 0.105. The zero-order valence-electron chi connectivity index (χ0n) is 12.8. The maximum atomic E-state index is 12.3. The fourth-order valence-electron chi connectivity index (χ4n) is 2.43. The Bertz CT molecular complexity index is 802. The van der Waals surface area contributed by atoms with Crippen LogP contribution < -0.4 is 0 Å². The summed E-state index contributed by atoms with van der Waals surface area (Å²) >= 11 is 0. The van der Waals surface area contributed by atoms with Gasteiger partial charge in [0, 0.05) is 11.1 Å². The molecule has 0 amide bonds. The summed E-state index contributed by atoms with van der Waals surface area (Å²) in [5, 5.41) is 0. The van der Waals surface area contributed by atoms with Gasteiger partial charge in [-0.2, -0.15) is 0 Å². The third-order valence-corrected chi connectivity index (χ3v) is 3.43. The molecule has 0 aliphatic carbocycles. The summed E-state index contributed by atoms with van der Waals surface area (Å²) in [5.74, 6) is -0.439. The van der Waals surface area contributed by atoms with Crippen molar-refractivity contribution in [1.29, 1.82) is 0 Å². The third kappa shape index (κ3) is 3.11. The van der Waals surface area contributed by atoms with Crippen LogP contribution in [0, 0.1) is 0 Å². The van der Waals surface area contributed by atoms with E-state index < -0.39 is 5.97 Å². The molecule has 0 bridgehead atoms. The third-order valence-electron chi connectivity index (χ3n) is 3.43. The number of ether oxygens (including phenoxy) is 1. The molecule has 23 heavy (non-hydrogen) atoms. The van der Waals surface area contributed by atoms with Gasteiger partial charge in [0.25, 0.3) is 0 Å². The molecule has 4 heteroatoms. The molecule has 0 saturated heterocycles. The first-order valence-electron chi connectivity index (χ1n) is 7.44. The second-order valence-corrected chi connectivity index (χ2v) is 4.90. The number of hydrogen-bond acceptors (Lipinski definition) is 4. The van der Waals surface area contributed by atoms with Crippen molar-refractivity contribution in [3.63, 3.8) is 0 Å². The number of esters is 1. The number of benzene rings is 2. The molecule has 2 aromatic carbocycles. The van der Waals surface area contributed by atoms with E-state index in [2.05, 4.69) is 9.97 Å². The van der Waals surface area contributed by atoms with Crippen LogP contribution in [-0.4, -0.2) is 22.5 Å². The maximum absolute atomic E-state index is 12.3. The van der Waals surface area contributed by atoms with Crippen molar-refractivity contribution < 1.29 is 9.53 Å². The SMILES string of the molecule is CCOC(=O)c1ncnc(-c2ccccc2)c1-c1ccccc1. The van der Waals surface area contributed by atoms with Crippen molar-refractivity contribution in [1.82, 2.24) is 9.97 Å². The van der Waals surface area contributed by atoms with Gasteiger partial charge in [-0.3, -0.25) is 0 Å². The minimum Gasteiger partial charge on any atom is -0.461 e. The largest absolute Gasteiger partial charge is 0.461 e. The van der Waals surface area contributed by atoms with E-state index in [4.69, 9.17) is 4.74 Å². The second kappa shape index (κ2) is 6.83. The Kier molecular flexibility index (Phi) is 4.43. The predicted molar refractivity (Wildman–Crippen MR) is 88.9 cm³/mol. The highest BCUT2D eigenvalue weighted by Gasteiger charge is 2.20. The quantitative estimate of drug-likeness (QED) is 0.684. The first-order valence-corrected chi connectivity index (χ1v) is 7.44. The van der Waals surface area contributed by atoms with Gasteiger partial charge in [-0.05, 0) is 12.5 Å². The Morgan fingerprint density at radius 2 is 1.52 bits per heavy atom. The smallest absolute Gasteiger partial charge is 0.357 e. The van der Waals surface area contributed by atoms with E-state index in [1.807, 2.05) is 60.7 Å². The number of rotatable bonds is 4. The number of carbonyl (C=O) groups is 1. The van der Waals surface area contributed by atoms with Crippen LogP contribution in [0.3, 0.4) is 0 Å². The number of carbonyl (C=O) groups excluding carboxylic acids is 1.